The Hall–Kier alpha value is -3.31. The van der Waals surface area contributed by atoms with E-state index in [0.717, 1.165) is 0 Å². The van der Waals surface area contributed by atoms with Crippen LogP contribution in [0.2, 0.25) is 0 Å². The maximum Gasteiger partial charge on any atom is 0.227 e. The molecule has 1 N–H and O–H groups in total. The van der Waals surface area contributed by atoms with Crippen molar-refractivity contribution in [1.82, 2.24) is 23.8 Å². The van der Waals surface area contributed by atoms with Crippen LogP contribution in [0.15, 0.2) is 49.1 Å². The molecule has 0 unspecified atom stereocenters. The number of ether oxygens (including phenoxy) is 1. The van der Waals surface area contributed by atoms with Gasteiger partial charge in [0.1, 0.15) is 23.7 Å². The second-order valence-electron chi connectivity index (χ2n) is 7.63. The summed E-state index contributed by atoms with van der Waals surface area (Å²) >= 11 is 0. The van der Waals surface area contributed by atoms with Crippen molar-refractivity contribution in [2.75, 3.05) is 24.7 Å². The third-order valence-corrected chi connectivity index (χ3v) is 6.51. The van der Waals surface area contributed by atoms with E-state index >= 15 is 0 Å². The van der Waals surface area contributed by atoms with Gasteiger partial charge in [-0.25, -0.2) is 22.7 Å². The fourth-order valence-electron chi connectivity index (χ4n) is 3.53. The number of carbonyl (C=O) groups is 1. The Kier molecular flexibility index (Phi) is 6.19. The van der Waals surface area contributed by atoms with Crippen LogP contribution in [0.5, 0.6) is 11.6 Å². The predicted molar refractivity (Wildman–Crippen MR) is 118 cm³/mol. The maximum atomic E-state index is 12.6. The first-order valence-corrected chi connectivity index (χ1v) is 12.0. The lowest BCUT2D eigenvalue weighted by Gasteiger charge is -2.29. The number of anilines is 1. The standard InChI is InChI=1S/C21H24N6O4S/c1-15-23-19(26-12-9-22-14-26)13-20(24-15)31-18-5-3-17(4-6-18)25-21(28)16-7-10-27(11-8-16)32(2,29)30/h3-6,9,12-14,16H,7-8,10-11H2,1-2H3,(H,25,28). The number of rotatable bonds is 6. The first-order chi connectivity index (χ1) is 15.3. The molecule has 1 fully saturated rings. The molecule has 1 aliphatic heterocycles. The minimum Gasteiger partial charge on any atom is -0.439 e. The number of hydrogen-bond donors (Lipinski definition) is 1. The first kappa shape index (κ1) is 21.9. The third kappa shape index (κ3) is 5.29. The monoisotopic (exact) mass is 456 g/mol. The number of piperidine rings is 1. The topological polar surface area (TPSA) is 119 Å². The van der Waals surface area contributed by atoms with Gasteiger partial charge in [0.25, 0.3) is 0 Å². The van der Waals surface area contributed by atoms with Crippen LogP contribution in [-0.4, -0.2) is 57.5 Å². The summed E-state index contributed by atoms with van der Waals surface area (Å²) in [7, 11) is -3.21. The van der Waals surface area contributed by atoms with Gasteiger partial charge in [0, 0.05) is 43.2 Å². The van der Waals surface area contributed by atoms with Crippen molar-refractivity contribution in [2.45, 2.75) is 19.8 Å². The number of aromatic nitrogens is 4. The highest BCUT2D eigenvalue weighted by molar-refractivity contribution is 7.88. The molecule has 4 rings (SSSR count). The minimum absolute atomic E-state index is 0.108. The zero-order valence-corrected chi connectivity index (χ0v) is 18.6. The lowest BCUT2D eigenvalue weighted by Crippen LogP contribution is -2.40. The van der Waals surface area contributed by atoms with E-state index in [9.17, 15) is 13.2 Å². The van der Waals surface area contributed by atoms with Gasteiger partial charge >= 0.3 is 0 Å². The molecule has 1 aliphatic rings. The molecule has 10 nitrogen and oxygen atoms in total. The largest absolute Gasteiger partial charge is 0.439 e. The molecule has 1 aromatic carbocycles. The highest BCUT2D eigenvalue weighted by atomic mass is 32.2. The lowest BCUT2D eigenvalue weighted by molar-refractivity contribution is -0.120. The van der Waals surface area contributed by atoms with Crippen molar-refractivity contribution < 1.29 is 17.9 Å². The number of nitrogens with one attached hydrogen (secondary N) is 1. The molecule has 3 aromatic rings. The zero-order chi connectivity index (χ0) is 22.7. The second-order valence-corrected chi connectivity index (χ2v) is 9.62. The summed E-state index contributed by atoms with van der Waals surface area (Å²) in [6, 6.07) is 8.72. The van der Waals surface area contributed by atoms with E-state index in [1.165, 1.54) is 10.6 Å². The quantitative estimate of drug-likeness (QED) is 0.605. The van der Waals surface area contributed by atoms with E-state index in [-0.39, 0.29) is 11.8 Å². The van der Waals surface area contributed by atoms with E-state index in [1.54, 1.807) is 60.5 Å². The molecule has 168 valence electrons. The maximum absolute atomic E-state index is 12.6. The summed E-state index contributed by atoms with van der Waals surface area (Å²) in [6.45, 7) is 2.51. The Bertz CT molecular complexity index is 1190. The molecule has 1 amide bonds. The van der Waals surface area contributed by atoms with Gasteiger partial charge in [-0.2, -0.15) is 4.98 Å². The van der Waals surface area contributed by atoms with Crippen molar-refractivity contribution in [3.05, 3.63) is 54.9 Å². The molecule has 0 saturated carbocycles. The Labute approximate surface area is 186 Å². The van der Waals surface area contributed by atoms with Crippen LogP contribution in [0.25, 0.3) is 5.82 Å². The molecule has 0 radical (unpaired) electrons. The van der Waals surface area contributed by atoms with Crippen molar-refractivity contribution in [2.24, 2.45) is 5.92 Å². The Morgan fingerprint density at radius 2 is 1.88 bits per heavy atom. The third-order valence-electron chi connectivity index (χ3n) is 5.21. The van der Waals surface area contributed by atoms with Crippen LogP contribution in [0.3, 0.4) is 0 Å². The lowest BCUT2D eigenvalue weighted by atomic mass is 9.97. The van der Waals surface area contributed by atoms with E-state index in [4.69, 9.17) is 4.74 Å². The van der Waals surface area contributed by atoms with Gasteiger partial charge in [-0.3, -0.25) is 9.36 Å². The summed E-state index contributed by atoms with van der Waals surface area (Å²) in [5, 5.41) is 2.89. The average molecular weight is 457 g/mol. The minimum atomic E-state index is -3.21. The van der Waals surface area contributed by atoms with Crippen LogP contribution in [0.4, 0.5) is 5.69 Å². The van der Waals surface area contributed by atoms with Crippen LogP contribution in [0, 0.1) is 12.8 Å². The number of amides is 1. The molecule has 3 heterocycles. The summed E-state index contributed by atoms with van der Waals surface area (Å²) < 4.78 is 32.3. The Morgan fingerprint density at radius 1 is 1.16 bits per heavy atom. The molecule has 0 atom stereocenters. The molecule has 0 aliphatic carbocycles. The van der Waals surface area contributed by atoms with Gasteiger partial charge in [0.2, 0.25) is 21.8 Å². The number of aryl methyl sites for hydroxylation is 1. The molecule has 1 saturated heterocycles. The van der Waals surface area contributed by atoms with Crippen LogP contribution >= 0.6 is 0 Å². The summed E-state index contributed by atoms with van der Waals surface area (Å²) in [5.41, 5.74) is 0.644. The second kappa shape index (κ2) is 9.05. The van der Waals surface area contributed by atoms with Crippen LogP contribution in [-0.2, 0) is 14.8 Å². The summed E-state index contributed by atoms with van der Waals surface area (Å²) in [4.78, 5) is 25.3. The predicted octanol–water partition coefficient (Wildman–Crippen LogP) is 2.37. The number of sulfonamides is 1. The van der Waals surface area contributed by atoms with Gasteiger partial charge < -0.3 is 10.1 Å². The first-order valence-electron chi connectivity index (χ1n) is 10.2. The smallest absolute Gasteiger partial charge is 0.227 e. The normalized spacial score (nSPS) is 15.4. The van der Waals surface area contributed by atoms with Gasteiger partial charge in [0.15, 0.2) is 0 Å². The van der Waals surface area contributed by atoms with Crippen molar-refractivity contribution >= 4 is 21.6 Å². The molecule has 32 heavy (non-hydrogen) atoms. The van der Waals surface area contributed by atoms with Gasteiger partial charge in [-0.15, -0.1) is 0 Å². The van der Waals surface area contributed by atoms with Gasteiger partial charge in [0.05, 0.1) is 6.26 Å². The molecule has 2 aromatic heterocycles. The fraction of sp³-hybridized carbons (Fsp3) is 0.333. The number of benzene rings is 1. The average Bonchev–Trinajstić information content (AvgIpc) is 3.29. The van der Waals surface area contributed by atoms with Crippen LogP contribution in [0.1, 0.15) is 18.7 Å². The van der Waals surface area contributed by atoms with E-state index in [1.807, 2.05) is 0 Å². The van der Waals surface area contributed by atoms with Crippen LogP contribution < -0.4 is 10.1 Å². The molecule has 11 heteroatoms. The number of carbonyl (C=O) groups excluding carboxylic acids is 1. The van der Waals surface area contributed by atoms with Gasteiger partial charge in [-0.1, -0.05) is 0 Å². The number of nitrogens with zero attached hydrogens (tertiary/aromatic N) is 5. The zero-order valence-electron chi connectivity index (χ0n) is 17.8. The number of hydrogen-bond acceptors (Lipinski definition) is 7. The van der Waals surface area contributed by atoms with Crippen molar-refractivity contribution in [3.8, 4) is 17.4 Å². The highest BCUT2D eigenvalue weighted by Crippen LogP contribution is 2.25. The van der Waals surface area contributed by atoms with Crippen molar-refractivity contribution in [3.63, 3.8) is 0 Å². The Balaban J connectivity index is 1.36. The molecular weight excluding hydrogens is 432 g/mol. The van der Waals surface area contributed by atoms with E-state index in [0.29, 0.717) is 54.9 Å². The summed E-state index contributed by atoms with van der Waals surface area (Å²) in [5.74, 6) is 1.86. The van der Waals surface area contributed by atoms with Gasteiger partial charge in [-0.05, 0) is 44.0 Å². The molecule has 0 spiro atoms. The van der Waals surface area contributed by atoms with E-state index < -0.39 is 10.0 Å². The summed E-state index contributed by atoms with van der Waals surface area (Å²) in [6.07, 6.45) is 7.30. The molecular formula is C21H24N6O4S. The highest BCUT2D eigenvalue weighted by Gasteiger charge is 2.28. The number of imidazole rings is 1. The Morgan fingerprint density at radius 3 is 2.50 bits per heavy atom. The fourth-order valence-corrected chi connectivity index (χ4v) is 4.40. The van der Waals surface area contributed by atoms with E-state index in [2.05, 4.69) is 20.3 Å². The SMILES string of the molecule is Cc1nc(Oc2ccc(NC(=O)C3CCN(S(C)(=O)=O)CC3)cc2)cc(-n2ccnc2)n1. The van der Waals surface area contributed by atoms with Crippen molar-refractivity contribution in [1.29, 1.82) is 0 Å². The molecule has 0 bridgehead atoms.